The minimum absolute atomic E-state index is 0.108. The van der Waals surface area contributed by atoms with Gasteiger partial charge in [0.15, 0.2) is 0 Å². The van der Waals surface area contributed by atoms with Gasteiger partial charge in [-0.15, -0.1) is 0 Å². The molecule has 1 aliphatic rings. The van der Waals surface area contributed by atoms with E-state index >= 15 is 0 Å². The molecule has 0 saturated carbocycles. The summed E-state index contributed by atoms with van der Waals surface area (Å²) in [6, 6.07) is 2.31. The summed E-state index contributed by atoms with van der Waals surface area (Å²) in [5, 5.41) is 2.29. The Morgan fingerprint density at radius 3 is 2.41 bits per heavy atom. The molecular weight excluding hydrogens is 380 g/mol. The summed E-state index contributed by atoms with van der Waals surface area (Å²) in [7, 11) is 0. The van der Waals surface area contributed by atoms with E-state index in [9.17, 15) is 14.0 Å². The van der Waals surface area contributed by atoms with Gasteiger partial charge in [-0.3, -0.25) is 14.9 Å². The normalized spacial score (nSPS) is 24.0. The molecule has 1 aromatic rings. The van der Waals surface area contributed by atoms with Crippen LogP contribution in [-0.2, 0) is 9.59 Å². The highest BCUT2D eigenvalue weighted by molar-refractivity contribution is 9.10. The van der Waals surface area contributed by atoms with Crippen LogP contribution in [0.4, 0.5) is 4.39 Å². The van der Waals surface area contributed by atoms with Gasteiger partial charge in [0.2, 0.25) is 11.8 Å². The lowest BCUT2D eigenvalue weighted by Gasteiger charge is -2.14. The molecule has 1 fully saturated rings. The maximum atomic E-state index is 13.1. The van der Waals surface area contributed by atoms with E-state index in [-0.39, 0.29) is 5.02 Å². The van der Waals surface area contributed by atoms with E-state index in [1.54, 1.807) is 0 Å². The summed E-state index contributed by atoms with van der Waals surface area (Å²) in [6.07, 6.45) is 0. The summed E-state index contributed by atoms with van der Waals surface area (Å²) in [5.41, 5.74) is 0.401. The first kappa shape index (κ1) is 13.0. The van der Waals surface area contributed by atoms with Crippen molar-refractivity contribution in [2.75, 3.05) is 0 Å². The van der Waals surface area contributed by atoms with Crippen LogP contribution < -0.4 is 5.32 Å². The number of benzene rings is 1. The van der Waals surface area contributed by atoms with Crippen molar-refractivity contribution >= 4 is 55.3 Å². The fourth-order valence-electron chi connectivity index (χ4n) is 1.68. The lowest BCUT2D eigenvalue weighted by atomic mass is 9.97. The predicted octanol–water partition coefficient (Wildman–Crippen LogP) is 2.75. The first-order valence-electron chi connectivity index (χ1n) is 4.55. The molecule has 90 valence electrons. The number of carbonyl (C=O) groups is 2. The average molecular weight is 385 g/mol. The van der Waals surface area contributed by atoms with Crippen LogP contribution in [0.5, 0.6) is 0 Å². The number of imide groups is 1. The van der Waals surface area contributed by atoms with Crippen LogP contribution in [0.1, 0.15) is 11.5 Å². The molecule has 17 heavy (non-hydrogen) atoms. The van der Waals surface area contributed by atoms with Gasteiger partial charge < -0.3 is 0 Å². The fraction of sp³-hybridized carbons (Fsp3) is 0.200. The Bertz CT molecular complexity index is 500. The second kappa shape index (κ2) is 4.66. The van der Waals surface area contributed by atoms with Crippen molar-refractivity contribution in [2.45, 2.75) is 10.7 Å². The third kappa shape index (κ3) is 2.26. The smallest absolute Gasteiger partial charge is 0.241 e. The van der Waals surface area contributed by atoms with Gasteiger partial charge in [-0.25, -0.2) is 4.39 Å². The number of hydrogen-bond acceptors (Lipinski definition) is 2. The Morgan fingerprint density at radius 1 is 1.29 bits per heavy atom. The van der Waals surface area contributed by atoms with Crippen molar-refractivity contribution in [3.8, 4) is 0 Å². The standard InChI is InChI=1S/C10H5Br2ClFNO2/c11-4-1-3(14)2-5(13)6(4)7-8(12)10(17)15-9(7)16/h1-2,7-8H,(H,15,16,17). The Hall–Kier alpha value is -0.460. The van der Waals surface area contributed by atoms with Crippen molar-refractivity contribution in [3.05, 3.63) is 33.0 Å². The highest BCUT2D eigenvalue weighted by atomic mass is 79.9. The molecule has 1 aromatic carbocycles. The van der Waals surface area contributed by atoms with Gasteiger partial charge in [0.25, 0.3) is 0 Å². The van der Waals surface area contributed by atoms with Gasteiger partial charge in [0, 0.05) is 9.50 Å². The fourth-order valence-corrected chi connectivity index (χ4v) is 3.42. The van der Waals surface area contributed by atoms with Crippen LogP contribution >= 0.6 is 43.5 Å². The molecule has 3 nitrogen and oxygen atoms in total. The molecule has 2 rings (SSSR count). The number of nitrogens with one attached hydrogen (secondary N) is 1. The molecule has 1 N–H and O–H groups in total. The van der Waals surface area contributed by atoms with E-state index in [4.69, 9.17) is 11.6 Å². The Balaban J connectivity index is 2.54. The zero-order chi connectivity index (χ0) is 12.7. The summed E-state index contributed by atoms with van der Waals surface area (Å²) >= 11 is 12.2. The first-order chi connectivity index (χ1) is 7.91. The largest absolute Gasteiger partial charge is 0.295 e. The predicted molar refractivity (Wildman–Crippen MR) is 67.7 cm³/mol. The Morgan fingerprint density at radius 2 is 1.94 bits per heavy atom. The highest BCUT2D eigenvalue weighted by Crippen LogP contribution is 2.39. The summed E-state index contributed by atoms with van der Waals surface area (Å²) < 4.78 is 13.4. The van der Waals surface area contributed by atoms with Crippen molar-refractivity contribution in [2.24, 2.45) is 0 Å². The third-order valence-corrected chi connectivity index (χ3v) is 4.34. The van der Waals surface area contributed by atoms with Crippen LogP contribution in [0.15, 0.2) is 16.6 Å². The van der Waals surface area contributed by atoms with E-state index < -0.39 is 28.4 Å². The van der Waals surface area contributed by atoms with E-state index in [0.29, 0.717) is 10.0 Å². The van der Waals surface area contributed by atoms with Crippen LogP contribution in [0.2, 0.25) is 5.02 Å². The number of rotatable bonds is 1. The van der Waals surface area contributed by atoms with E-state index in [2.05, 4.69) is 37.2 Å². The van der Waals surface area contributed by atoms with Crippen LogP contribution in [0, 0.1) is 5.82 Å². The molecule has 1 saturated heterocycles. The molecule has 0 aliphatic carbocycles. The van der Waals surface area contributed by atoms with Crippen molar-refractivity contribution < 1.29 is 14.0 Å². The first-order valence-corrected chi connectivity index (χ1v) is 6.63. The zero-order valence-electron chi connectivity index (χ0n) is 8.14. The minimum Gasteiger partial charge on any atom is -0.295 e. The van der Waals surface area contributed by atoms with Gasteiger partial charge in [-0.1, -0.05) is 43.5 Å². The molecule has 2 atom stereocenters. The molecule has 0 radical (unpaired) electrons. The molecule has 2 unspecified atom stereocenters. The lowest BCUT2D eigenvalue weighted by Crippen LogP contribution is -2.22. The van der Waals surface area contributed by atoms with E-state index in [1.807, 2.05) is 0 Å². The number of hydrogen-bond donors (Lipinski definition) is 1. The number of amides is 2. The monoisotopic (exact) mass is 383 g/mol. The molecule has 2 amide bonds. The molecule has 1 aliphatic heterocycles. The average Bonchev–Trinajstić information content (AvgIpc) is 2.43. The Labute approximate surface area is 118 Å². The van der Waals surface area contributed by atoms with Gasteiger partial charge >= 0.3 is 0 Å². The number of alkyl halides is 1. The van der Waals surface area contributed by atoms with Gasteiger partial charge in [-0.05, 0) is 17.7 Å². The summed E-state index contributed by atoms with van der Waals surface area (Å²) in [4.78, 5) is 22.3. The van der Waals surface area contributed by atoms with Gasteiger partial charge in [0.05, 0.1) is 5.92 Å². The molecule has 0 spiro atoms. The Kier molecular flexibility index (Phi) is 3.56. The van der Waals surface area contributed by atoms with Crippen molar-refractivity contribution in [3.63, 3.8) is 0 Å². The van der Waals surface area contributed by atoms with Gasteiger partial charge in [-0.2, -0.15) is 0 Å². The molecule has 0 bridgehead atoms. The second-order valence-electron chi connectivity index (χ2n) is 3.52. The number of halogens is 4. The van der Waals surface area contributed by atoms with E-state index in [0.717, 1.165) is 6.07 Å². The van der Waals surface area contributed by atoms with Gasteiger partial charge in [0.1, 0.15) is 10.6 Å². The van der Waals surface area contributed by atoms with Crippen molar-refractivity contribution in [1.82, 2.24) is 5.32 Å². The highest BCUT2D eigenvalue weighted by Gasteiger charge is 2.42. The second-order valence-corrected chi connectivity index (χ2v) is 5.76. The zero-order valence-corrected chi connectivity index (χ0v) is 12.1. The minimum atomic E-state index is -0.759. The summed E-state index contributed by atoms with van der Waals surface area (Å²) in [6.45, 7) is 0. The lowest BCUT2D eigenvalue weighted by molar-refractivity contribution is -0.125. The van der Waals surface area contributed by atoms with Crippen LogP contribution in [-0.4, -0.2) is 16.6 Å². The molecule has 1 heterocycles. The topological polar surface area (TPSA) is 46.2 Å². The SMILES string of the molecule is O=C1NC(=O)C(c2c(Cl)cc(F)cc2Br)C1Br. The molecule has 0 aromatic heterocycles. The summed E-state index contributed by atoms with van der Waals surface area (Å²) in [5.74, 6) is -2.15. The van der Waals surface area contributed by atoms with Crippen LogP contribution in [0.25, 0.3) is 0 Å². The van der Waals surface area contributed by atoms with Crippen molar-refractivity contribution in [1.29, 1.82) is 0 Å². The molecule has 7 heteroatoms. The quantitative estimate of drug-likeness (QED) is 0.597. The molecular formula is C10H5Br2ClFNO2. The number of carbonyl (C=O) groups excluding carboxylic acids is 2. The van der Waals surface area contributed by atoms with E-state index in [1.165, 1.54) is 6.07 Å². The maximum absolute atomic E-state index is 13.1. The van der Waals surface area contributed by atoms with Crippen LogP contribution in [0.3, 0.4) is 0 Å². The maximum Gasteiger partial charge on any atom is 0.241 e. The third-order valence-electron chi connectivity index (χ3n) is 2.43.